The van der Waals surface area contributed by atoms with Crippen LogP contribution in [0.2, 0.25) is 0 Å². The van der Waals surface area contributed by atoms with Crippen LogP contribution in [0.15, 0.2) is 4.79 Å². The molecule has 25 heavy (non-hydrogen) atoms. The maximum Gasteiger partial charge on any atom is 0.259 e. The second-order valence-electron chi connectivity index (χ2n) is 6.76. The third kappa shape index (κ3) is 4.46. The monoisotopic (exact) mass is 362 g/mol. The average molecular weight is 362 g/mol. The summed E-state index contributed by atoms with van der Waals surface area (Å²) >= 11 is 1.50. The van der Waals surface area contributed by atoms with Gasteiger partial charge in [0.1, 0.15) is 10.7 Å². The molecule has 136 valence electrons. The predicted octanol–water partition coefficient (Wildman–Crippen LogP) is 2.14. The van der Waals surface area contributed by atoms with Gasteiger partial charge in [0, 0.05) is 11.4 Å². The van der Waals surface area contributed by atoms with Crippen molar-refractivity contribution < 1.29 is 4.79 Å². The highest BCUT2D eigenvalue weighted by atomic mass is 32.1. The lowest BCUT2D eigenvalue weighted by molar-refractivity contribution is -0.120. The van der Waals surface area contributed by atoms with Gasteiger partial charge in [0.2, 0.25) is 5.91 Å². The number of nitrogens with zero attached hydrogens (tertiary/aromatic N) is 2. The van der Waals surface area contributed by atoms with E-state index in [0.29, 0.717) is 22.6 Å². The lowest BCUT2D eigenvalue weighted by atomic mass is 10.1. The Labute approximate surface area is 151 Å². The number of aromatic amines is 1. The van der Waals surface area contributed by atoms with E-state index in [2.05, 4.69) is 20.2 Å². The first-order valence-electron chi connectivity index (χ1n) is 9.02. The van der Waals surface area contributed by atoms with Crippen molar-refractivity contribution in [1.82, 2.24) is 20.2 Å². The van der Waals surface area contributed by atoms with E-state index >= 15 is 0 Å². The Bertz CT molecular complexity index is 805. The molecule has 1 aliphatic rings. The first-order valence-corrected chi connectivity index (χ1v) is 9.84. The minimum absolute atomic E-state index is 0.0915. The summed E-state index contributed by atoms with van der Waals surface area (Å²) in [4.78, 5) is 35.8. The fourth-order valence-electron chi connectivity index (χ4n) is 3.31. The normalized spacial score (nSPS) is 15.6. The van der Waals surface area contributed by atoms with Crippen molar-refractivity contribution in [2.45, 2.75) is 46.0 Å². The molecule has 0 atom stereocenters. The zero-order valence-electron chi connectivity index (χ0n) is 15.0. The van der Waals surface area contributed by atoms with Gasteiger partial charge in [-0.25, -0.2) is 4.98 Å². The van der Waals surface area contributed by atoms with E-state index in [1.165, 1.54) is 43.7 Å². The highest BCUT2D eigenvalue weighted by Gasteiger charge is 2.14. The molecule has 3 rings (SSSR count). The summed E-state index contributed by atoms with van der Waals surface area (Å²) in [7, 11) is 0. The van der Waals surface area contributed by atoms with Crippen LogP contribution in [0.4, 0.5) is 0 Å². The van der Waals surface area contributed by atoms with Crippen molar-refractivity contribution in [3.05, 3.63) is 26.6 Å². The molecule has 1 aliphatic heterocycles. The number of hydrogen-bond donors (Lipinski definition) is 2. The molecule has 7 heteroatoms. The first kappa shape index (κ1) is 18.1. The number of carbonyl (C=O) groups is 1. The number of rotatable bonds is 6. The maximum absolute atomic E-state index is 12.2. The summed E-state index contributed by atoms with van der Waals surface area (Å²) in [5.74, 6) is 0.346. The molecule has 2 aromatic heterocycles. The maximum atomic E-state index is 12.2. The Kier molecular flexibility index (Phi) is 5.86. The van der Waals surface area contributed by atoms with Crippen LogP contribution >= 0.6 is 11.3 Å². The number of aromatic nitrogens is 2. The van der Waals surface area contributed by atoms with Gasteiger partial charge in [-0.15, -0.1) is 11.3 Å². The van der Waals surface area contributed by atoms with Crippen LogP contribution in [-0.4, -0.2) is 47.0 Å². The number of hydrogen-bond acceptors (Lipinski definition) is 5. The Morgan fingerprint density at radius 3 is 2.80 bits per heavy atom. The Hall–Kier alpha value is -1.73. The van der Waals surface area contributed by atoms with Gasteiger partial charge in [-0.2, -0.15) is 0 Å². The Morgan fingerprint density at radius 1 is 1.28 bits per heavy atom. The number of piperidine rings is 1. The predicted molar refractivity (Wildman–Crippen MR) is 101 cm³/mol. The molecular weight excluding hydrogens is 336 g/mol. The first-order chi connectivity index (χ1) is 12.0. The van der Waals surface area contributed by atoms with Gasteiger partial charge in [-0.3, -0.25) is 9.59 Å². The molecular formula is C18H26N4O2S. The Morgan fingerprint density at radius 2 is 2.04 bits per heavy atom. The van der Waals surface area contributed by atoms with Gasteiger partial charge in [0.15, 0.2) is 0 Å². The number of fused-ring (bicyclic) bond motifs is 1. The summed E-state index contributed by atoms with van der Waals surface area (Å²) in [5.41, 5.74) is 0.821. The molecule has 3 heterocycles. The number of H-pyrrole nitrogens is 1. The van der Waals surface area contributed by atoms with Crippen molar-refractivity contribution >= 4 is 27.5 Å². The number of aryl methyl sites for hydroxylation is 2. The lowest BCUT2D eigenvalue weighted by Crippen LogP contribution is -2.34. The van der Waals surface area contributed by atoms with Gasteiger partial charge >= 0.3 is 0 Å². The van der Waals surface area contributed by atoms with Gasteiger partial charge in [-0.1, -0.05) is 6.42 Å². The van der Waals surface area contributed by atoms with Gasteiger partial charge < -0.3 is 15.2 Å². The van der Waals surface area contributed by atoms with E-state index in [-0.39, 0.29) is 17.9 Å². The fourth-order valence-corrected chi connectivity index (χ4v) is 4.36. The molecule has 6 nitrogen and oxygen atoms in total. The molecule has 2 aromatic rings. The third-order valence-electron chi connectivity index (χ3n) is 4.84. The minimum Gasteiger partial charge on any atom is -0.356 e. The summed E-state index contributed by atoms with van der Waals surface area (Å²) in [6.45, 7) is 7.97. The zero-order valence-corrected chi connectivity index (χ0v) is 15.8. The van der Waals surface area contributed by atoms with Crippen molar-refractivity contribution in [1.29, 1.82) is 0 Å². The molecule has 0 radical (unpaired) electrons. The fraction of sp³-hybridized carbons (Fsp3) is 0.611. The summed E-state index contributed by atoms with van der Waals surface area (Å²) < 4.78 is 0. The highest BCUT2D eigenvalue weighted by Crippen LogP contribution is 2.25. The van der Waals surface area contributed by atoms with Crippen molar-refractivity contribution in [3.63, 3.8) is 0 Å². The van der Waals surface area contributed by atoms with Crippen LogP contribution in [0.5, 0.6) is 0 Å². The molecule has 0 unspecified atom stereocenters. The molecule has 1 amide bonds. The standard InChI is InChI=1S/C18H26N4O2S/c1-12-13(2)25-18-16(12)17(24)20-14(21-18)11-15(23)19-7-6-10-22-8-4-3-5-9-22/h3-11H2,1-2H3,(H,19,23)(H,20,21,24). The van der Waals surface area contributed by atoms with Crippen LogP contribution in [0, 0.1) is 13.8 Å². The number of nitrogens with one attached hydrogen (secondary N) is 2. The van der Waals surface area contributed by atoms with Crippen molar-refractivity contribution in [2.24, 2.45) is 0 Å². The molecule has 0 saturated carbocycles. The number of thiophene rings is 1. The van der Waals surface area contributed by atoms with Crippen LogP contribution < -0.4 is 10.9 Å². The van der Waals surface area contributed by atoms with Gasteiger partial charge in [0.25, 0.3) is 5.56 Å². The molecule has 1 fully saturated rings. The summed E-state index contributed by atoms with van der Waals surface area (Å²) in [6, 6.07) is 0. The quantitative estimate of drug-likeness (QED) is 0.772. The van der Waals surface area contributed by atoms with E-state index in [4.69, 9.17) is 0 Å². The molecule has 1 saturated heterocycles. The number of amides is 1. The SMILES string of the molecule is Cc1sc2nc(CC(=O)NCCCN3CCCCC3)[nH]c(=O)c2c1C. The van der Waals surface area contributed by atoms with E-state index in [1.54, 1.807) is 0 Å². The highest BCUT2D eigenvalue weighted by molar-refractivity contribution is 7.18. The summed E-state index contributed by atoms with van der Waals surface area (Å²) in [5, 5.41) is 3.58. The van der Waals surface area contributed by atoms with Gasteiger partial charge in [-0.05, 0) is 58.3 Å². The number of likely N-dealkylation sites (tertiary alicyclic amines) is 1. The van der Waals surface area contributed by atoms with Crippen LogP contribution in [0.25, 0.3) is 10.2 Å². The molecule has 2 N–H and O–H groups in total. The van der Waals surface area contributed by atoms with Crippen LogP contribution in [0.3, 0.4) is 0 Å². The smallest absolute Gasteiger partial charge is 0.259 e. The van der Waals surface area contributed by atoms with Crippen LogP contribution in [-0.2, 0) is 11.2 Å². The largest absolute Gasteiger partial charge is 0.356 e. The second kappa shape index (κ2) is 8.10. The minimum atomic E-state index is -0.153. The zero-order chi connectivity index (χ0) is 17.8. The van der Waals surface area contributed by atoms with Crippen LogP contribution in [0.1, 0.15) is 41.9 Å². The molecule has 0 aromatic carbocycles. The lowest BCUT2D eigenvalue weighted by Gasteiger charge is -2.26. The van der Waals surface area contributed by atoms with Gasteiger partial charge in [0.05, 0.1) is 11.8 Å². The van der Waals surface area contributed by atoms with E-state index < -0.39 is 0 Å². The number of carbonyl (C=O) groups excluding carboxylic acids is 1. The topological polar surface area (TPSA) is 78.1 Å². The molecule has 0 aliphatic carbocycles. The van der Waals surface area contributed by atoms with Crippen molar-refractivity contribution in [2.75, 3.05) is 26.2 Å². The van der Waals surface area contributed by atoms with E-state index in [0.717, 1.165) is 23.4 Å². The Balaban J connectivity index is 1.51. The molecule has 0 spiro atoms. The van der Waals surface area contributed by atoms with E-state index in [1.807, 2.05) is 13.8 Å². The average Bonchev–Trinajstić information content (AvgIpc) is 2.87. The van der Waals surface area contributed by atoms with Crippen molar-refractivity contribution in [3.8, 4) is 0 Å². The summed E-state index contributed by atoms with van der Waals surface area (Å²) in [6.07, 6.45) is 4.99. The third-order valence-corrected chi connectivity index (χ3v) is 5.94. The molecule has 0 bridgehead atoms. The van der Waals surface area contributed by atoms with E-state index in [9.17, 15) is 9.59 Å². The second-order valence-corrected chi connectivity index (χ2v) is 7.96.